The molecular weight excluding hydrogens is 705 g/mol. The van der Waals surface area contributed by atoms with E-state index in [1.807, 2.05) is 24.3 Å². The molecule has 0 unspecified atom stereocenters. The maximum absolute atomic E-state index is 3.45. The summed E-state index contributed by atoms with van der Waals surface area (Å²) in [6.07, 6.45) is 2.23. The van der Waals surface area contributed by atoms with Gasteiger partial charge in [-0.25, -0.2) is 0 Å². The summed E-state index contributed by atoms with van der Waals surface area (Å²) < 4.78 is 0. The average Bonchev–Trinajstić information content (AvgIpc) is 3.61. The summed E-state index contributed by atoms with van der Waals surface area (Å²) in [6.45, 7) is 4.38. The van der Waals surface area contributed by atoms with Gasteiger partial charge in [0.1, 0.15) is 0 Å². The van der Waals surface area contributed by atoms with E-state index in [1.165, 1.54) is 44.9 Å². The zero-order valence-electron chi connectivity index (χ0n) is 23.8. The molecule has 0 saturated carbocycles. The van der Waals surface area contributed by atoms with Crippen molar-refractivity contribution in [3.8, 4) is 11.1 Å². The second-order valence-corrected chi connectivity index (χ2v) is 10.8. The normalized spacial score (nSPS) is 15.2. The van der Waals surface area contributed by atoms with E-state index in [0.717, 1.165) is 11.4 Å². The molecule has 0 bridgehead atoms. The molecule has 4 aliphatic heterocycles. The van der Waals surface area contributed by atoms with Gasteiger partial charge in [0.15, 0.2) is 0 Å². The summed E-state index contributed by atoms with van der Waals surface area (Å²) in [5.41, 5.74) is 12.3. The fourth-order valence-corrected chi connectivity index (χ4v) is 6.47. The van der Waals surface area contributed by atoms with Gasteiger partial charge in [-0.05, 0) is 55.1 Å². The first-order valence-electron chi connectivity index (χ1n) is 14.2. The van der Waals surface area contributed by atoms with E-state index in [0.29, 0.717) is 0 Å². The predicted octanol–water partition coefficient (Wildman–Crippen LogP) is 6.96. The monoisotopic (exact) mass is 734 g/mol. The number of nitrogens with zero attached hydrogens (tertiary/aromatic N) is 5. The number of fused-ring (bicyclic) bond motifs is 12. The second-order valence-electron chi connectivity index (χ2n) is 10.8. The Morgan fingerprint density at radius 2 is 1.28 bits per heavy atom. The fraction of sp³-hybridized carbons (Fsp3) is 0.0556. The van der Waals surface area contributed by atoms with Gasteiger partial charge < -0.3 is 24.4 Å². The molecule has 0 N–H and O–H groups in total. The largest absolute Gasteiger partial charge is 0.511 e. The Kier molecular flexibility index (Phi) is 7.00. The summed E-state index contributed by atoms with van der Waals surface area (Å²) in [5.74, 6) is 0. The first-order chi connectivity index (χ1) is 20.7. The van der Waals surface area contributed by atoms with Gasteiger partial charge in [0.2, 0.25) is 0 Å². The minimum absolute atomic E-state index is 0. The number of hydrogen-bond acceptors (Lipinski definition) is 5. The quantitative estimate of drug-likeness (QED) is 0.137. The molecule has 43 heavy (non-hydrogen) atoms. The van der Waals surface area contributed by atoms with Crippen LogP contribution in [0.2, 0.25) is 0 Å². The molecule has 0 atom stereocenters. The van der Waals surface area contributed by atoms with Crippen molar-refractivity contribution in [2.75, 3.05) is 33.6 Å². The molecule has 0 aromatic heterocycles. The van der Waals surface area contributed by atoms with Crippen LogP contribution in [-0.2, 0) is 20.1 Å². The summed E-state index contributed by atoms with van der Waals surface area (Å²) in [5, 5.41) is 0. The Morgan fingerprint density at radius 1 is 0.605 bits per heavy atom. The van der Waals surface area contributed by atoms with Gasteiger partial charge in [0.05, 0.1) is 0 Å². The summed E-state index contributed by atoms with van der Waals surface area (Å²) in [7, 11) is 4.14. The van der Waals surface area contributed by atoms with Crippen LogP contribution in [-0.4, -0.2) is 25.8 Å². The van der Waals surface area contributed by atoms with E-state index in [1.54, 1.807) is 0 Å². The predicted molar refractivity (Wildman–Crippen MR) is 174 cm³/mol. The Morgan fingerprint density at radius 3 is 2.09 bits per heavy atom. The first-order valence-corrected chi connectivity index (χ1v) is 14.2. The summed E-state index contributed by atoms with van der Waals surface area (Å²) in [4.78, 5) is 11.2. The van der Waals surface area contributed by atoms with Gasteiger partial charge in [-0.15, -0.1) is 11.8 Å². The van der Waals surface area contributed by atoms with Gasteiger partial charge in [-0.2, -0.15) is 61.9 Å². The Balaban J connectivity index is 0.000000153. The zero-order valence-corrected chi connectivity index (χ0v) is 26.2. The molecule has 5 nitrogen and oxygen atoms in total. The van der Waals surface area contributed by atoms with Crippen LogP contribution in [0.15, 0.2) is 127 Å². The summed E-state index contributed by atoms with van der Waals surface area (Å²) >= 11 is 0. The first kappa shape index (κ1) is 27.4. The molecule has 0 aliphatic carbocycles. The van der Waals surface area contributed by atoms with Crippen LogP contribution in [0.5, 0.6) is 0 Å². The third-order valence-electron chi connectivity index (χ3n) is 8.23. The van der Waals surface area contributed by atoms with E-state index in [9.17, 15) is 0 Å². The molecular formula is C36H28BIrN5-4. The summed E-state index contributed by atoms with van der Waals surface area (Å²) in [6, 6.07) is 46.8. The van der Waals surface area contributed by atoms with E-state index < -0.39 is 0 Å². The van der Waals surface area contributed by atoms with Crippen LogP contribution in [0.3, 0.4) is 0 Å². The Labute approximate surface area is 267 Å². The maximum atomic E-state index is 3.45. The molecule has 1 radical (unpaired) electrons. The van der Waals surface area contributed by atoms with E-state index >= 15 is 0 Å². The van der Waals surface area contributed by atoms with Crippen molar-refractivity contribution in [3.05, 3.63) is 153 Å². The minimum atomic E-state index is 0. The van der Waals surface area contributed by atoms with Crippen molar-refractivity contribution in [2.24, 2.45) is 0 Å². The third-order valence-corrected chi connectivity index (χ3v) is 8.23. The van der Waals surface area contributed by atoms with Crippen molar-refractivity contribution in [2.45, 2.75) is 0 Å². The smallest absolute Gasteiger partial charge is 0.333 e. The zero-order chi connectivity index (χ0) is 28.2. The number of anilines is 6. The molecule has 4 heterocycles. The molecule has 0 amide bonds. The van der Waals surface area contributed by atoms with E-state index in [-0.39, 0.29) is 27.0 Å². The Bertz CT molecular complexity index is 1830. The molecule has 0 saturated heterocycles. The van der Waals surface area contributed by atoms with E-state index in [4.69, 9.17) is 0 Å². The molecule has 7 heteroatoms. The van der Waals surface area contributed by atoms with Gasteiger partial charge in [0, 0.05) is 42.7 Å². The second kappa shape index (κ2) is 11.0. The molecule has 9 rings (SSSR count). The number of para-hydroxylation sites is 5. The molecule has 0 fully saturated rings. The van der Waals surface area contributed by atoms with Gasteiger partial charge >= 0.3 is 6.85 Å². The van der Waals surface area contributed by atoms with Crippen LogP contribution in [0.4, 0.5) is 34.1 Å². The third kappa shape index (κ3) is 4.43. The minimum Gasteiger partial charge on any atom is -0.511 e. The van der Waals surface area contributed by atoms with Gasteiger partial charge in [-0.3, -0.25) is 0 Å². The molecule has 0 spiro atoms. The number of benzene rings is 5. The molecule has 5 aromatic rings. The maximum Gasteiger partial charge on any atom is 0.333 e. The standard InChI is InChI=1S/C22H16BN3.C14H12N2.Ir/c1-24-14-22-23-18-10-4-2-8-16(18)17-9-3-5-11-19(17)26(23)21-13-7-6-12-20(21)25(22)15-24;1-15-11-16(12-7-3-2-4-8-12)14-10-6-5-9-13(14)15;/h2-11,13-15H,1H3;2-7,9-11H,1H3;/q2*-2;. The van der Waals surface area contributed by atoms with Crippen molar-refractivity contribution < 1.29 is 20.1 Å². The van der Waals surface area contributed by atoms with Crippen LogP contribution < -0.4 is 25.0 Å². The van der Waals surface area contributed by atoms with Crippen molar-refractivity contribution in [1.82, 2.24) is 4.90 Å². The van der Waals surface area contributed by atoms with Crippen LogP contribution in [0.1, 0.15) is 0 Å². The topological polar surface area (TPSA) is 16.2 Å². The van der Waals surface area contributed by atoms with Crippen molar-refractivity contribution in [1.29, 1.82) is 0 Å². The molecule has 213 valence electrons. The van der Waals surface area contributed by atoms with Crippen molar-refractivity contribution >= 4 is 46.4 Å². The van der Waals surface area contributed by atoms with E-state index in [2.05, 4.69) is 161 Å². The molecule has 4 aliphatic rings. The number of rotatable bonds is 1. The van der Waals surface area contributed by atoms with Gasteiger partial charge in [-0.1, -0.05) is 66.0 Å². The fourth-order valence-electron chi connectivity index (χ4n) is 6.47. The van der Waals surface area contributed by atoms with Crippen LogP contribution in [0.25, 0.3) is 11.1 Å². The average molecular weight is 734 g/mol. The Hall–Kier alpha value is -4.45. The van der Waals surface area contributed by atoms with Gasteiger partial charge in [0.25, 0.3) is 0 Å². The molecule has 5 aromatic carbocycles. The van der Waals surface area contributed by atoms with Crippen molar-refractivity contribution in [3.63, 3.8) is 0 Å². The van der Waals surface area contributed by atoms with Crippen LogP contribution >= 0.6 is 0 Å². The number of hydrogen-bond donors (Lipinski definition) is 0. The SMILES string of the molecule is CN1C=C2B3c4ccccc4-c4ccccc4N3c3ccc[c-]c3N2[CH-]1.CN1[CH-]N(c2[c-]cccc2)c2ccccc21.[Ir]. The van der Waals surface area contributed by atoms with Crippen LogP contribution in [0, 0.1) is 25.5 Å².